The predicted molar refractivity (Wildman–Crippen MR) is 97.5 cm³/mol. The van der Waals surface area contributed by atoms with Gasteiger partial charge in [0.15, 0.2) is 6.10 Å². The molecule has 3 aromatic rings. The molecule has 0 spiro atoms. The van der Waals surface area contributed by atoms with Crippen molar-refractivity contribution in [1.82, 2.24) is 10.3 Å². The molecular weight excluding hydrogens is 332 g/mol. The van der Waals surface area contributed by atoms with Gasteiger partial charge in [-0.15, -0.1) is 11.3 Å². The van der Waals surface area contributed by atoms with Crippen LogP contribution in [0.2, 0.25) is 0 Å². The van der Waals surface area contributed by atoms with Crippen LogP contribution in [-0.4, -0.2) is 11.1 Å². The van der Waals surface area contributed by atoms with Crippen molar-refractivity contribution in [2.75, 3.05) is 0 Å². The molecule has 0 aliphatic carbocycles. The monoisotopic (exact) mass is 350 g/mol. The minimum absolute atomic E-state index is 0.199. The van der Waals surface area contributed by atoms with E-state index in [-0.39, 0.29) is 18.2 Å². The summed E-state index contributed by atoms with van der Waals surface area (Å²) in [7, 11) is 0. The van der Waals surface area contributed by atoms with Crippen molar-refractivity contribution in [3.8, 4) is 0 Å². The molecule has 0 radical (unpaired) electrons. The van der Waals surface area contributed by atoms with Gasteiger partial charge in [-0.05, 0) is 41.0 Å². The third-order valence-electron chi connectivity index (χ3n) is 4.35. The second-order valence-electron chi connectivity index (χ2n) is 6.08. The van der Waals surface area contributed by atoms with Crippen LogP contribution in [0.25, 0.3) is 0 Å². The summed E-state index contributed by atoms with van der Waals surface area (Å²) in [4.78, 5) is 17.2. The second-order valence-corrected chi connectivity index (χ2v) is 7.05. The van der Waals surface area contributed by atoms with Crippen LogP contribution in [0.1, 0.15) is 33.7 Å². The lowest BCUT2D eigenvalue weighted by molar-refractivity contribution is 0.134. The Bertz CT molecular complexity index is 849. The quantitative estimate of drug-likeness (QED) is 0.739. The van der Waals surface area contributed by atoms with Crippen molar-refractivity contribution >= 4 is 17.4 Å². The Labute approximate surface area is 150 Å². The number of aryl methyl sites for hydroxylation is 2. The van der Waals surface area contributed by atoms with E-state index < -0.39 is 0 Å². The number of rotatable bonds is 5. The summed E-state index contributed by atoms with van der Waals surface area (Å²) in [6.45, 7) is 0. The molecule has 1 aliphatic rings. The van der Waals surface area contributed by atoms with Gasteiger partial charge < -0.3 is 10.1 Å². The van der Waals surface area contributed by atoms with Crippen LogP contribution in [0.3, 0.4) is 0 Å². The van der Waals surface area contributed by atoms with Gasteiger partial charge in [-0.2, -0.15) is 0 Å². The third-order valence-corrected chi connectivity index (χ3v) is 5.29. The fourth-order valence-corrected chi connectivity index (χ4v) is 3.89. The standard InChI is InChI=1S/C20H18N2O2S/c23-20-22-18(19(24-20)17-7-4-10-25-17)16-11-15(12-21-13-16)9-8-14-5-2-1-3-6-14/h1-7,10-13,18-19H,8-9H2,(H,22,23)/t18-,19-/m0/s1. The van der Waals surface area contributed by atoms with E-state index >= 15 is 0 Å². The largest absolute Gasteiger partial charge is 0.438 e. The smallest absolute Gasteiger partial charge is 0.408 e. The van der Waals surface area contributed by atoms with Crippen LogP contribution < -0.4 is 5.32 Å². The first-order valence-electron chi connectivity index (χ1n) is 8.28. The number of cyclic esters (lactones) is 1. The maximum atomic E-state index is 11.8. The highest BCUT2D eigenvalue weighted by atomic mass is 32.1. The molecule has 4 rings (SSSR count). The molecule has 0 bridgehead atoms. The number of pyridine rings is 1. The lowest BCUT2D eigenvalue weighted by Crippen LogP contribution is -2.19. The van der Waals surface area contributed by atoms with Crippen molar-refractivity contribution in [2.24, 2.45) is 0 Å². The van der Waals surface area contributed by atoms with Crippen molar-refractivity contribution in [1.29, 1.82) is 0 Å². The number of amides is 1. The van der Waals surface area contributed by atoms with E-state index in [4.69, 9.17) is 4.74 Å². The molecule has 1 aliphatic heterocycles. The average Bonchev–Trinajstić information content (AvgIpc) is 3.30. The van der Waals surface area contributed by atoms with E-state index in [0.29, 0.717) is 0 Å². The highest BCUT2D eigenvalue weighted by Gasteiger charge is 2.37. The van der Waals surface area contributed by atoms with Gasteiger partial charge in [-0.3, -0.25) is 4.98 Å². The van der Waals surface area contributed by atoms with Crippen molar-refractivity contribution in [3.05, 3.63) is 87.9 Å². The number of hydrogen-bond donors (Lipinski definition) is 1. The minimum Gasteiger partial charge on any atom is -0.438 e. The molecule has 126 valence electrons. The molecule has 0 unspecified atom stereocenters. The summed E-state index contributed by atoms with van der Waals surface area (Å²) < 4.78 is 5.47. The van der Waals surface area contributed by atoms with Gasteiger partial charge in [-0.1, -0.05) is 42.5 Å². The van der Waals surface area contributed by atoms with Gasteiger partial charge >= 0.3 is 6.09 Å². The fourth-order valence-electron chi connectivity index (χ4n) is 3.10. The van der Waals surface area contributed by atoms with Crippen LogP contribution >= 0.6 is 11.3 Å². The SMILES string of the molecule is O=C1N[C@@H](c2cncc(CCc3ccccc3)c2)[C@H](c2cccs2)O1. The van der Waals surface area contributed by atoms with Crippen LogP contribution in [0.5, 0.6) is 0 Å². The molecule has 2 atom stereocenters. The lowest BCUT2D eigenvalue weighted by atomic mass is 9.99. The van der Waals surface area contributed by atoms with Crippen molar-refractivity contribution in [3.63, 3.8) is 0 Å². The predicted octanol–water partition coefficient (Wildman–Crippen LogP) is 4.45. The number of aromatic nitrogens is 1. The van der Waals surface area contributed by atoms with E-state index in [2.05, 4.69) is 40.6 Å². The second kappa shape index (κ2) is 7.07. The Kier molecular flexibility index (Phi) is 4.48. The summed E-state index contributed by atoms with van der Waals surface area (Å²) in [5.74, 6) is 0. The molecule has 1 fully saturated rings. The fraction of sp³-hybridized carbons (Fsp3) is 0.200. The molecule has 1 amide bonds. The number of carbonyl (C=O) groups is 1. The van der Waals surface area contributed by atoms with E-state index in [0.717, 1.165) is 28.8 Å². The van der Waals surface area contributed by atoms with Crippen LogP contribution in [0.15, 0.2) is 66.3 Å². The number of benzene rings is 1. The molecule has 0 saturated carbocycles. The topological polar surface area (TPSA) is 51.2 Å². The number of carbonyl (C=O) groups excluding carboxylic acids is 1. The van der Waals surface area contributed by atoms with E-state index in [1.807, 2.05) is 36.0 Å². The van der Waals surface area contributed by atoms with Crippen molar-refractivity contribution in [2.45, 2.75) is 25.0 Å². The number of nitrogens with zero attached hydrogens (tertiary/aromatic N) is 1. The van der Waals surface area contributed by atoms with E-state index in [9.17, 15) is 4.79 Å². The third kappa shape index (κ3) is 3.56. The highest BCUT2D eigenvalue weighted by Crippen LogP contribution is 2.38. The first-order valence-corrected chi connectivity index (χ1v) is 9.16. The molecular formula is C20H18N2O2S. The molecule has 2 aromatic heterocycles. The Hall–Kier alpha value is -2.66. The van der Waals surface area contributed by atoms with Gasteiger partial charge in [0.2, 0.25) is 0 Å². The highest BCUT2D eigenvalue weighted by molar-refractivity contribution is 7.10. The first-order chi connectivity index (χ1) is 12.3. The Morgan fingerprint density at radius 1 is 1.04 bits per heavy atom. The Balaban J connectivity index is 1.53. The molecule has 1 saturated heterocycles. The Morgan fingerprint density at radius 2 is 1.88 bits per heavy atom. The minimum atomic E-state index is -0.377. The summed E-state index contributed by atoms with van der Waals surface area (Å²) in [5, 5.41) is 4.91. The summed E-state index contributed by atoms with van der Waals surface area (Å²) in [6, 6.07) is 16.3. The molecule has 1 aromatic carbocycles. The summed E-state index contributed by atoms with van der Waals surface area (Å²) in [5.41, 5.74) is 3.45. The zero-order valence-corrected chi connectivity index (χ0v) is 14.4. The zero-order valence-electron chi connectivity index (χ0n) is 13.6. The number of nitrogens with one attached hydrogen (secondary N) is 1. The molecule has 4 nitrogen and oxygen atoms in total. The van der Waals surface area contributed by atoms with Crippen LogP contribution in [0.4, 0.5) is 4.79 Å². The van der Waals surface area contributed by atoms with E-state index in [1.165, 1.54) is 5.56 Å². The van der Waals surface area contributed by atoms with Crippen molar-refractivity contribution < 1.29 is 9.53 Å². The molecule has 25 heavy (non-hydrogen) atoms. The van der Waals surface area contributed by atoms with Gasteiger partial charge in [0.05, 0.1) is 0 Å². The maximum Gasteiger partial charge on any atom is 0.408 e. The Morgan fingerprint density at radius 3 is 2.68 bits per heavy atom. The summed E-state index contributed by atoms with van der Waals surface area (Å²) >= 11 is 1.59. The molecule has 1 N–H and O–H groups in total. The van der Waals surface area contributed by atoms with Gasteiger partial charge in [0.1, 0.15) is 6.04 Å². The lowest BCUT2D eigenvalue weighted by Gasteiger charge is -2.16. The summed E-state index contributed by atoms with van der Waals surface area (Å²) in [6.07, 6.45) is 4.91. The number of hydrogen-bond acceptors (Lipinski definition) is 4. The van der Waals surface area contributed by atoms with Gasteiger partial charge in [-0.25, -0.2) is 4.79 Å². The normalized spacial score (nSPS) is 19.4. The van der Waals surface area contributed by atoms with E-state index in [1.54, 1.807) is 11.3 Å². The number of thiophene rings is 1. The zero-order chi connectivity index (χ0) is 17.1. The molecule has 5 heteroatoms. The number of ether oxygens (including phenoxy) is 1. The molecule has 3 heterocycles. The van der Waals surface area contributed by atoms with Gasteiger partial charge in [0.25, 0.3) is 0 Å². The maximum absolute atomic E-state index is 11.8. The van der Waals surface area contributed by atoms with Gasteiger partial charge in [0, 0.05) is 17.3 Å². The van der Waals surface area contributed by atoms with Crippen LogP contribution in [0, 0.1) is 0 Å². The first kappa shape index (κ1) is 15.8. The van der Waals surface area contributed by atoms with Crippen LogP contribution in [-0.2, 0) is 17.6 Å². The number of alkyl carbamates (subject to hydrolysis) is 1. The average molecular weight is 350 g/mol.